The number of carbonyl (C=O) groups excluding carboxylic acids is 2. The number of hydrogen-bond donors (Lipinski definition) is 1. The summed E-state index contributed by atoms with van der Waals surface area (Å²) in [6.07, 6.45) is 6.55. The summed E-state index contributed by atoms with van der Waals surface area (Å²) < 4.78 is 7.76. The van der Waals surface area contributed by atoms with Crippen molar-refractivity contribution in [3.05, 3.63) is 35.4 Å². The molecule has 0 saturated carbocycles. The molecule has 0 aliphatic carbocycles. The van der Waals surface area contributed by atoms with Crippen LogP contribution in [0.1, 0.15) is 60.0 Å². The Morgan fingerprint density at radius 2 is 2.07 bits per heavy atom. The van der Waals surface area contributed by atoms with Crippen molar-refractivity contribution in [2.24, 2.45) is 0 Å². The summed E-state index contributed by atoms with van der Waals surface area (Å²) in [7, 11) is 0. The number of nitrogens with one attached hydrogen (secondary N) is 1. The van der Waals surface area contributed by atoms with Crippen molar-refractivity contribution in [2.75, 3.05) is 25.0 Å². The highest BCUT2D eigenvalue weighted by Crippen LogP contribution is 2.31. The molecule has 0 radical (unpaired) electrons. The zero-order valence-electron chi connectivity index (χ0n) is 16.4. The molecular formula is C21H25N5O3. The van der Waals surface area contributed by atoms with Crippen molar-refractivity contribution in [3.63, 3.8) is 0 Å². The van der Waals surface area contributed by atoms with Gasteiger partial charge in [0.25, 0.3) is 11.8 Å². The predicted molar refractivity (Wildman–Crippen MR) is 106 cm³/mol. The Labute approximate surface area is 169 Å². The van der Waals surface area contributed by atoms with Crippen molar-refractivity contribution in [1.29, 1.82) is 0 Å². The lowest BCUT2D eigenvalue weighted by Gasteiger charge is -2.32. The number of likely N-dealkylation sites (tertiary alicyclic amines) is 1. The maximum Gasteiger partial charge on any atom is 0.262 e. The molecule has 29 heavy (non-hydrogen) atoms. The van der Waals surface area contributed by atoms with Crippen LogP contribution in [0.5, 0.6) is 5.75 Å². The molecule has 152 valence electrons. The highest BCUT2D eigenvalue weighted by molar-refractivity contribution is 5.99. The minimum absolute atomic E-state index is 0.00592. The Morgan fingerprint density at radius 1 is 1.14 bits per heavy atom. The van der Waals surface area contributed by atoms with Crippen molar-refractivity contribution in [1.82, 2.24) is 19.7 Å². The van der Waals surface area contributed by atoms with E-state index in [-0.39, 0.29) is 24.3 Å². The Hall–Kier alpha value is -2.90. The van der Waals surface area contributed by atoms with E-state index >= 15 is 0 Å². The van der Waals surface area contributed by atoms with Gasteiger partial charge in [0.1, 0.15) is 17.4 Å². The molecule has 1 atom stereocenters. The minimum Gasteiger partial charge on any atom is -0.482 e. The van der Waals surface area contributed by atoms with Crippen LogP contribution in [0, 0.1) is 0 Å². The second kappa shape index (κ2) is 7.50. The van der Waals surface area contributed by atoms with Crippen LogP contribution < -0.4 is 10.1 Å². The molecular weight excluding hydrogens is 370 g/mol. The summed E-state index contributed by atoms with van der Waals surface area (Å²) in [6, 6.07) is 5.21. The number of amides is 2. The number of carbonyl (C=O) groups is 2. The molecule has 1 fully saturated rings. The van der Waals surface area contributed by atoms with Crippen LogP contribution >= 0.6 is 0 Å². The fourth-order valence-electron chi connectivity index (χ4n) is 4.57. The van der Waals surface area contributed by atoms with Crippen LogP contribution in [0.2, 0.25) is 0 Å². The molecule has 3 aliphatic heterocycles. The first-order valence-electron chi connectivity index (χ1n) is 10.5. The van der Waals surface area contributed by atoms with Gasteiger partial charge in [-0.3, -0.25) is 9.59 Å². The third-order valence-electron chi connectivity index (χ3n) is 6.07. The number of hydrogen-bond acceptors (Lipinski definition) is 5. The van der Waals surface area contributed by atoms with Crippen LogP contribution in [-0.4, -0.2) is 51.2 Å². The van der Waals surface area contributed by atoms with Gasteiger partial charge < -0.3 is 19.5 Å². The molecule has 2 aromatic rings. The predicted octanol–water partition coefficient (Wildman–Crippen LogP) is 2.36. The topological polar surface area (TPSA) is 89.4 Å². The normalized spacial score (nSPS) is 21.4. The Morgan fingerprint density at radius 3 is 3.00 bits per heavy atom. The molecule has 8 nitrogen and oxygen atoms in total. The lowest BCUT2D eigenvalue weighted by Crippen LogP contribution is -2.40. The first-order valence-corrected chi connectivity index (χ1v) is 10.5. The molecule has 8 heteroatoms. The van der Waals surface area contributed by atoms with Crippen molar-refractivity contribution in [2.45, 2.75) is 51.0 Å². The SMILES string of the molecule is O=C1COc2cc(C(=O)N3CCCC(c4nnc5n4CCCCC5)C3)ccc2N1. The average molecular weight is 395 g/mol. The average Bonchev–Trinajstić information content (AvgIpc) is 3.01. The van der Waals surface area contributed by atoms with Gasteiger partial charge in [-0.25, -0.2) is 0 Å². The summed E-state index contributed by atoms with van der Waals surface area (Å²) in [5.41, 5.74) is 1.20. The van der Waals surface area contributed by atoms with Gasteiger partial charge in [0, 0.05) is 37.5 Å². The molecule has 4 heterocycles. The third-order valence-corrected chi connectivity index (χ3v) is 6.07. The maximum atomic E-state index is 13.1. The van der Waals surface area contributed by atoms with E-state index in [1.165, 1.54) is 19.3 Å². The second-order valence-electron chi connectivity index (χ2n) is 8.07. The fourth-order valence-corrected chi connectivity index (χ4v) is 4.57. The number of ether oxygens (including phenoxy) is 1. The van der Waals surface area contributed by atoms with E-state index in [2.05, 4.69) is 20.1 Å². The molecule has 5 rings (SSSR count). The van der Waals surface area contributed by atoms with Crippen LogP contribution in [0.25, 0.3) is 0 Å². The van der Waals surface area contributed by atoms with Gasteiger partial charge in [-0.05, 0) is 43.9 Å². The first kappa shape index (κ1) is 18.1. The lowest BCUT2D eigenvalue weighted by atomic mass is 9.96. The molecule has 1 unspecified atom stereocenters. The molecule has 1 aromatic carbocycles. The lowest BCUT2D eigenvalue weighted by molar-refractivity contribution is -0.118. The summed E-state index contributed by atoms with van der Waals surface area (Å²) in [5.74, 6) is 2.72. The Bertz CT molecular complexity index is 954. The van der Waals surface area contributed by atoms with E-state index in [0.29, 0.717) is 23.5 Å². The number of fused-ring (bicyclic) bond motifs is 2. The summed E-state index contributed by atoms with van der Waals surface area (Å²) in [6.45, 7) is 2.36. The third kappa shape index (κ3) is 3.47. The van der Waals surface area contributed by atoms with Gasteiger partial charge >= 0.3 is 0 Å². The smallest absolute Gasteiger partial charge is 0.262 e. The van der Waals surface area contributed by atoms with Gasteiger partial charge in [-0.2, -0.15) is 0 Å². The maximum absolute atomic E-state index is 13.1. The summed E-state index contributed by atoms with van der Waals surface area (Å²) in [4.78, 5) is 26.5. The number of anilines is 1. The van der Waals surface area contributed by atoms with Gasteiger partial charge in [0.05, 0.1) is 5.69 Å². The van der Waals surface area contributed by atoms with Crippen LogP contribution in [-0.2, 0) is 17.8 Å². The van der Waals surface area contributed by atoms with E-state index in [1.807, 2.05) is 4.90 Å². The molecule has 2 amide bonds. The van der Waals surface area contributed by atoms with Crippen molar-refractivity contribution >= 4 is 17.5 Å². The van der Waals surface area contributed by atoms with Gasteiger partial charge in [-0.15, -0.1) is 10.2 Å². The monoisotopic (exact) mass is 395 g/mol. The number of aromatic nitrogens is 3. The largest absolute Gasteiger partial charge is 0.482 e. The van der Waals surface area contributed by atoms with E-state index in [4.69, 9.17) is 4.74 Å². The highest BCUT2D eigenvalue weighted by atomic mass is 16.5. The standard InChI is InChI=1S/C21H25N5O3/c27-19-13-29-17-11-14(7-8-16(17)22-19)21(28)25-9-4-5-15(12-25)20-24-23-18-6-2-1-3-10-26(18)20/h7-8,11,15H,1-6,9-10,12-13H2,(H,22,27). The molecule has 1 aromatic heterocycles. The van der Waals surface area contributed by atoms with Crippen LogP contribution in [0.4, 0.5) is 5.69 Å². The van der Waals surface area contributed by atoms with Gasteiger partial charge in [0.15, 0.2) is 6.61 Å². The number of aryl methyl sites for hydroxylation is 1. The number of nitrogens with zero attached hydrogens (tertiary/aromatic N) is 4. The van der Waals surface area contributed by atoms with E-state index in [1.54, 1.807) is 18.2 Å². The van der Waals surface area contributed by atoms with Crippen molar-refractivity contribution in [3.8, 4) is 5.75 Å². The minimum atomic E-state index is -0.178. The Balaban J connectivity index is 1.34. The molecule has 3 aliphatic rings. The summed E-state index contributed by atoms with van der Waals surface area (Å²) >= 11 is 0. The van der Waals surface area contributed by atoms with Crippen LogP contribution in [0.3, 0.4) is 0 Å². The van der Waals surface area contributed by atoms with Gasteiger partial charge in [0.2, 0.25) is 0 Å². The molecule has 0 spiro atoms. The molecule has 1 N–H and O–H groups in total. The summed E-state index contributed by atoms with van der Waals surface area (Å²) in [5, 5.41) is 11.7. The number of piperidine rings is 1. The highest BCUT2D eigenvalue weighted by Gasteiger charge is 2.30. The van der Waals surface area contributed by atoms with E-state index < -0.39 is 0 Å². The first-order chi connectivity index (χ1) is 14.2. The molecule has 0 bridgehead atoms. The second-order valence-corrected chi connectivity index (χ2v) is 8.07. The fraction of sp³-hybridized carbons (Fsp3) is 0.524. The van der Waals surface area contributed by atoms with Crippen molar-refractivity contribution < 1.29 is 14.3 Å². The quantitative estimate of drug-likeness (QED) is 0.843. The number of benzene rings is 1. The molecule has 1 saturated heterocycles. The Kier molecular flexibility index (Phi) is 4.69. The van der Waals surface area contributed by atoms with E-state index in [0.717, 1.165) is 44.0 Å². The van der Waals surface area contributed by atoms with Crippen LogP contribution in [0.15, 0.2) is 18.2 Å². The van der Waals surface area contributed by atoms with Gasteiger partial charge in [-0.1, -0.05) is 6.42 Å². The zero-order chi connectivity index (χ0) is 19.8. The zero-order valence-corrected chi connectivity index (χ0v) is 16.4. The van der Waals surface area contributed by atoms with E-state index in [9.17, 15) is 9.59 Å². The number of rotatable bonds is 2.